The van der Waals surface area contributed by atoms with Gasteiger partial charge in [-0.25, -0.2) is 64.7 Å². The van der Waals surface area contributed by atoms with E-state index in [0.717, 1.165) is 84.2 Å². The fourth-order valence-corrected chi connectivity index (χ4v) is 11.0. The number of hydrogen-bond donors (Lipinski definition) is 0. The molecule has 19 nitrogen and oxygen atoms in total. The van der Waals surface area contributed by atoms with Gasteiger partial charge in [0.2, 0.25) is 35.7 Å². The molecule has 0 saturated heterocycles. The molecular formula is C75H51N19. The molecule has 0 unspecified atom stereocenters. The van der Waals surface area contributed by atoms with Gasteiger partial charge in [0.1, 0.15) is 0 Å². The van der Waals surface area contributed by atoms with Gasteiger partial charge in [-0.3, -0.25) is 29.7 Å². The van der Waals surface area contributed by atoms with Crippen LogP contribution in [0.1, 0.15) is 0 Å². The molecule has 0 atom stereocenters. The maximum Gasteiger partial charge on any atom is 0.239 e. The molecular weight excluding hydrogens is 1170 g/mol. The molecule has 0 fully saturated rings. The minimum Gasteiger partial charge on any atom is -0.279 e. The Hall–Kier alpha value is -13.6. The van der Waals surface area contributed by atoms with Crippen LogP contribution in [0.3, 0.4) is 0 Å². The van der Waals surface area contributed by atoms with E-state index in [1.807, 2.05) is 252 Å². The van der Waals surface area contributed by atoms with Crippen molar-refractivity contribution in [1.82, 2.24) is 74.8 Å². The highest BCUT2D eigenvalue weighted by atomic mass is 15.4. The largest absolute Gasteiger partial charge is 0.279 e. The predicted octanol–water partition coefficient (Wildman–Crippen LogP) is 16.5. The molecule has 0 N–H and O–H groups in total. The number of anilines is 12. The third-order valence-corrected chi connectivity index (χ3v) is 15.4. The van der Waals surface area contributed by atoms with Crippen LogP contribution in [0.15, 0.2) is 312 Å². The first-order valence-electron chi connectivity index (χ1n) is 29.9. The second-order valence-corrected chi connectivity index (χ2v) is 21.2. The Morgan fingerprint density at radius 2 is 0.330 bits per heavy atom. The number of nitrogens with zero attached hydrogens (tertiary/aromatic N) is 19. The standard InChI is InChI=1S/C75H51N19/c1-7-19-58(20-8-1)91(59-21-9-2-10-22-59)70-79-37-52(38-80-70)64-31-34-76-49-67(64)55-43-85-73(86-44-55)94(74-87-45-56(46-88-74)68-50-77-35-32-65(68)53-39-81-71(82-40-53)92(60-23-11-3-12-24-60)61-25-13-4-14-26-61)75-89-47-57(48-90-75)69-51-78-36-33-66(69)54-41-83-72(84-42-54)93(62-27-15-5-16-28-62)63-29-17-6-18-30-63/h1-51H. The SMILES string of the molecule is c1ccc(N(c2ccccc2)c2ncc(-c3ccncc3-c3cnc(N(c4ncc(-c5cnccc5-c5cnc(N(c6ccccc6)c6ccccc6)nc5)cn4)c4ncc(-c5cnccc5-c5cnc(N(c6ccccc6)c6ccccc6)nc5)cn4)nc3)cn2)cc1. The number of hydrogen-bond acceptors (Lipinski definition) is 19. The van der Waals surface area contributed by atoms with Crippen molar-refractivity contribution in [3.8, 4) is 66.8 Å². The Kier molecular flexibility index (Phi) is 15.9. The highest BCUT2D eigenvalue weighted by Crippen LogP contribution is 2.40. The summed E-state index contributed by atoms with van der Waals surface area (Å²) in [6.45, 7) is 0. The van der Waals surface area contributed by atoms with E-state index in [-0.39, 0.29) is 17.8 Å². The van der Waals surface area contributed by atoms with E-state index in [9.17, 15) is 0 Å². The summed E-state index contributed by atoms with van der Waals surface area (Å²) in [7, 11) is 0. The van der Waals surface area contributed by atoms with Gasteiger partial charge in [-0.15, -0.1) is 0 Å². The van der Waals surface area contributed by atoms with Crippen LogP contribution in [0.2, 0.25) is 0 Å². The lowest BCUT2D eigenvalue weighted by Gasteiger charge is -2.23. The summed E-state index contributed by atoms with van der Waals surface area (Å²) < 4.78 is 0. The van der Waals surface area contributed by atoms with Crippen LogP contribution in [0.4, 0.5) is 69.8 Å². The zero-order chi connectivity index (χ0) is 62.8. The van der Waals surface area contributed by atoms with Crippen molar-refractivity contribution < 1.29 is 0 Å². The van der Waals surface area contributed by atoms with Crippen molar-refractivity contribution in [3.05, 3.63) is 312 Å². The predicted molar refractivity (Wildman–Crippen MR) is 365 cm³/mol. The molecule has 0 spiro atoms. The Balaban J connectivity index is 0.760. The van der Waals surface area contributed by atoms with E-state index in [1.54, 1.807) is 79.3 Å². The summed E-state index contributed by atoms with van der Waals surface area (Å²) in [5, 5.41) is 0. The van der Waals surface area contributed by atoms with Crippen LogP contribution in [0, 0.1) is 0 Å². The van der Waals surface area contributed by atoms with E-state index in [0.29, 0.717) is 34.5 Å². The van der Waals surface area contributed by atoms with Crippen molar-refractivity contribution in [2.75, 3.05) is 19.6 Å². The van der Waals surface area contributed by atoms with E-state index in [1.165, 1.54) is 0 Å². The van der Waals surface area contributed by atoms with Crippen LogP contribution < -0.4 is 19.6 Å². The molecule has 446 valence electrons. The molecule has 9 aromatic heterocycles. The summed E-state index contributed by atoms with van der Waals surface area (Å²) in [5.41, 5.74) is 14.7. The van der Waals surface area contributed by atoms with Gasteiger partial charge in [0, 0.05) is 196 Å². The molecule has 0 aliphatic carbocycles. The van der Waals surface area contributed by atoms with Crippen molar-refractivity contribution in [1.29, 1.82) is 0 Å². The van der Waals surface area contributed by atoms with Gasteiger partial charge in [0.05, 0.1) is 0 Å². The van der Waals surface area contributed by atoms with E-state index >= 15 is 0 Å². The maximum absolute atomic E-state index is 4.97. The van der Waals surface area contributed by atoms with Gasteiger partial charge in [-0.05, 0) is 108 Å². The van der Waals surface area contributed by atoms with Gasteiger partial charge < -0.3 is 0 Å². The number of rotatable bonds is 18. The van der Waals surface area contributed by atoms with Crippen LogP contribution >= 0.6 is 0 Å². The van der Waals surface area contributed by atoms with Crippen LogP contribution in [-0.2, 0) is 0 Å². The van der Waals surface area contributed by atoms with Crippen molar-refractivity contribution >= 4 is 69.8 Å². The maximum atomic E-state index is 4.97. The number of para-hydroxylation sites is 6. The number of aromatic nitrogens is 15. The molecule has 0 amide bonds. The first-order valence-corrected chi connectivity index (χ1v) is 29.9. The molecule has 15 aromatic rings. The van der Waals surface area contributed by atoms with Crippen LogP contribution in [0.5, 0.6) is 0 Å². The second-order valence-electron chi connectivity index (χ2n) is 21.2. The minimum atomic E-state index is 0.197. The molecule has 0 aliphatic heterocycles. The van der Waals surface area contributed by atoms with Gasteiger partial charge in [-0.2, -0.15) is 0 Å². The third-order valence-electron chi connectivity index (χ3n) is 15.4. The zero-order valence-electron chi connectivity index (χ0n) is 49.9. The molecule has 15 rings (SSSR count). The quantitative estimate of drug-likeness (QED) is 0.0783. The Morgan fingerprint density at radius 3 is 0.521 bits per heavy atom. The normalized spacial score (nSPS) is 11.0. The molecule has 94 heavy (non-hydrogen) atoms. The number of pyridine rings is 3. The van der Waals surface area contributed by atoms with E-state index in [4.69, 9.17) is 59.8 Å². The van der Waals surface area contributed by atoms with E-state index < -0.39 is 0 Å². The average molecular weight is 1220 g/mol. The molecule has 0 aliphatic rings. The van der Waals surface area contributed by atoms with Crippen LogP contribution in [0.25, 0.3) is 66.8 Å². The molecule has 0 saturated carbocycles. The van der Waals surface area contributed by atoms with Gasteiger partial charge in [-0.1, -0.05) is 109 Å². The fourth-order valence-electron chi connectivity index (χ4n) is 11.0. The molecule has 19 heteroatoms. The lowest BCUT2D eigenvalue weighted by Crippen LogP contribution is -2.18. The van der Waals surface area contributed by atoms with Crippen molar-refractivity contribution in [2.45, 2.75) is 0 Å². The lowest BCUT2D eigenvalue weighted by molar-refractivity contribution is 0.957. The van der Waals surface area contributed by atoms with Gasteiger partial charge in [0.25, 0.3) is 0 Å². The Labute approximate surface area is 540 Å². The summed E-state index contributed by atoms with van der Waals surface area (Å²) in [4.78, 5) is 80.4. The summed E-state index contributed by atoms with van der Waals surface area (Å²) in [6, 6.07) is 66.0. The van der Waals surface area contributed by atoms with Crippen LogP contribution in [-0.4, -0.2) is 74.8 Å². The molecule has 0 radical (unpaired) electrons. The lowest BCUT2D eigenvalue weighted by atomic mass is 10.0. The van der Waals surface area contributed by atoms with Crippen molar-refractivity contribution in [3.63, 3.8) is 0 Å². The highest BCUT2D eigenvalue weighted by molar-refractivity contribution is 5.86. The molecule has 6 aromatic carbocycles. The second kappa shape index (κ2) is 26.3. The Bertz CT molecular complexity index is 4350. The first-order chi connectivity index (χ1) is 46.6. The number of benzene rings is 6. The van der Waals surface area contributed by atoms with Crippen molar-refractivity contribution in [2.24, 2.45) is 0 Å². The zero-order valence-corrected chi connectivity index (χ0v) is 49.9. The summed E-state index contributed by atoms with van der Waals surface area (Å²) in [6.07, 6.45) is 31.8. The first kappa shape index (κ1) is 56.9. The third kappa shape index (κ3) is 11.8. The summed E-state index contributed by atoms with van der Waals surface area (Å²) in [5.74, 6) is 2.14. The highest BCUT2D eigenvalue weighted by Gasteiger charge is 2.25. The van der Waals surface area contributed by atoms with Gasteiger partial charge in [0.15, 0.2) is 0 Å². The summed E-state index contributed by atoms with van der Waals surface area (Å²) >= 11 is 0. The minimum absolute atomic E-state index is 0.197. The average Bonchev–Trinajstić information content (AvgIpc) is 1.40. The molecule has 9 heterocycles. The van der Waals surface area contributed by atoms with E-state index in [2.05, 4.69) is 15.0 Å². The Morgan fingerprint density at radius 1 is 0.160 bits per heavy atom. The molecule has 0 bridgehead atoms. The smallest absolute Gasteiger partial charge is 0.239 e. The fraction of sp³-hybridized carbons (Fsp3) is 0. The van der Waals surface area contributed by atoms with Gasteiger partial charge >= 0.3 is 0 Å². The monoisotopic (exact) mass is 1220 g/mol. The topological polar surface area (TPSA) is 206 Å².